The molecule has 7 nitrogen and oxygen atoms in total. The number of nitrogens with zero attached hydrogens (tertiary/aromatic N) is 1. The molecule has 4 rings (SSSR count). The minimum atomic E-state index is -0.798. The van der Waals surface area contributed by atoms with E-state index in [4.69, 9.17) is 14.2 Å². The molecule has 0 bridgehead atoms. The monoisotopic (exact) mass is 529 g/mol. The van der Waals surface area contributed by atoms with Gasteiger partial charge in [0.05, 0.1) is 25.3 Å². The van der Waals surface area contributed by atoms with Gasteiger partial charge in [-0.25, -0.2) is 0 Å². The van der Waals surface area contributed by atoms with Crippen LogP contribution in [-0.4, -0.2) is 49.1 Å². The Kier molecular flexibility index (Phi) is 8.72. The molecule has 0 saturated carbocycles. The predicted molar refractivity (Wildman–Crippen MR) is 150 cm³/mol. The number of aliphatic hydroxyl groups excluding tert-OH is 1. The van der Waals surface area contributed by atoms with Crippen LogP contribution in [0.3, 0.4) is 0 Å². The number of rotatable bonds is 10. The number of amides is 1. The molecule has 1 heterocycles. The molecule has 0 aliphatic carbocycles. The molecule has 1 N–H and O–H groups in total. The summed E-state index contributed by atoms with van der Waals surface area (Å²) in [4.78, 5) is 27.9. The molecule has 1 aliphatic rings. The maximum absolute atomic E-state index is 13.3. The maximum Gasteiger partial charge on any atom is 0.295 e. The summed E-state index contributed by atoms with van der Waals surface area (Å²) < 4.78 is 16.7. The maximum atomic E-state index is 13.3. The van der Waals surface area contributed by atoms with Gasteiger partial charge in [-0.15, -0.1) is 0 Å². The van der Waals surface area contributed by atoms with Gasteiger partial charge in [-0.05, 0) is 59.9 Å². The van der Waals surface area contributed by atoms with Crippen molar-refractivity contribution in [3.8, 4) is 11.5 Å². The zero-order valence-electron chi connectivity index (χ0n) is 23.1. The van der Waals surface area contributed by atoms with Crippen molar-refractivity contribution < 1.29 is 28.9 Å². The fourth-order valence-electron chi connectivity index (χ4n) is 4.76. The standard InChI is InChI=1S/C32H35NO6/c1-20(2)26-18-24(13-14-27(26)38-5)30(34)28-29(33(15-16-37-4)32(36)31(28)35)23-7-6-8-25(17-23)39-19-22-11-9-21(3)10-12-22/h6-14,17-18,20,29,34H,15-16,19H2,1-5H3/b30-28+. The number of benzene rings is 3. The van der Waals surface area contributed by atoms with Crippen LogP contribution >= 0.6 is 0 Å². The third-order valence-electron chi connectivity index (χ3n) is 6.90. The highest BCUT2D eigenvalue weighted by Gasteiger charge is 2.46. The lowest BCUT2D eigenvalue weighted by molar-refractivity contribution is -0.140. The van der Waals surface area contributed by atoms with Crippen molar-refractivity contribution in [2.24, 2.45) is 0 Å². The van der Waals surface area contributed by atoms with Crippen molar-refractivity contribution in [3.63, 3.8) is 0 Å². The van der Waals surface area contributed by atoms with E-state index in [1.807, 2.05) is 69.3 Å². The van der Waals surface area contributed by atoms with Crippen LogP contribution in [-0.2, 0) is 20.9 Å². The van der Waals surface area contributed by atoms with Crippen LogP contribution in [0.1, 0.15) is 53.6 Å². The zero-order valence-corrected chi connectivity index (χ0v) is 23.1. The van der Waals surface area contributed by atoms with Gasteiger partial charge in [0.2, 0.25) is 0 Å². The van der Waals surface area contributed by atoms with Gasteiger partial charge in [-0.1, -0.05) is 55.8 Å². The Balaban J connectivity index is 1.76. The number of likely N-dealkylation sites (tertiary alicyclic amines) is 1. The molecule has 1 saturated heterocycles. The Bertz CT molecular complexity index is 1380. The topological polar surface area (TPSA) is 85.3 Å². The number of methoxy groups -OCH3 is 2. The summed E-state index contributed by atoms with van der Waals surface area (Å²) in [7, 11) is 3.13. The SMILES string of the molecule is COCCN1C(=O)C(=O)/C(=C(/O)c2ccc(OC)c(C(C)C)c2)C1c1cccc(OCc2ccc(C)cc2)c1. The van der Waals surface area contributed by atoms with Gasteiger partial charge < -0.3 is 24.2 Å². The van der Waals surface area contributed by atoms with Crippen LogP contribution in [0.15, 0.2) is 72.3 Å². The number of ether oxygens (including phenoxy) is 3. The fourth-order valence-corrected chi connectivity index (χ4v) is 4.76. The van der Waals surface area contributed by atoms with E-state index in [0.717, 1.165) is 11.1 Å². The van der Waals surface area contributed by atoms with E-state index in [0.29, 0.717) is 29.2 Å². The molecule has 0 radical (unpaired) electrons. The Hall–Kier alpha value is -4.10. The van der Waals surface area contributed by atoms with Crippen molar-refractivity contribution in [1.29, 1.82) is 0 Å². The number of aliphatic hydroxyl groups is 1. The molecule has 7 heteroatoms. The van der Waals surface area contributed by atoms with E-state index in [-0.39, 0.29) is 30.4 Å². The second-order valence-electron chi connectivity index (χ2n) is 9.94. The average molecular weight is 530 g/mol. The number of aryl methyl sites for hydroxylation is 1. The van der Waals surface area contributed by atoms with Gasteiger partial charge in [0, 0.05) is 19.2 Å². The van der Waals surface area contributed by atoms with E-state index in [1.165, 1.54) is 17.6 Å². The molecule has 0 spiro atoms. The second-order valence-corrected chi connectivity index (χ2v) is 9.94. The molecule has 1 aliphatic heterocycles. The van der Waals surface area contributed by atoms with Crippen LogP contribution in [0.25, 0.3) is 5.76 Å². The van der Waals surface area contributed by atoms with Gasteiger partial charge in [0.1, 0.15) is 23.9 Å². The lowest BCUT2D eigenvalue weighted by atomic mass is 9.93. The second kappa shape index (κ2) is 12.2. The predicted octanol–water partition coefficient (Wildman–Crippen LogP) is 5.77. The van der Waals surface area contributed by atoms with Gasteiger partial charge in [0.15, 0.2) is 0 Å². The van der Waals surface area contributed by atoms with Gasteiger partial charge >= 0.3 is 0 Å². The molecule has 3 aromatic rings. The Morgan fingerprint density at radius 1 is 1.00 bits per heavy atom. The molecule has 39 heavy (non-hydrogen) atoms. The summed E-state index contributed by atoms with van der Waals surface area (Å²) in [6.45, 7) is 6.88. The average Bonchev–Trinajstić information content (AvgIpc) is 3.20. The van der Waals surface area contributed by atoms with E-state index in [9.17, 15) is 14.7 Å². The number of carbonyl (C=O) groups excluding carboxylic acids is 2. The minimum absolute atomic E-state index is 0.0339. The first-order valence-corrected chi connectivity index (χ1v) is 13.0. The minimum Gasteiger partial charge on any atom is -0.507 e. The fraction of sp³-hybridized carbons (Fsp3) is 0.312. The molecule has 1 amide bonds. The summed E-state index contributed by atoms with van der Waals surface area (Å²) >= 11 is 0. The molecule has 204 valence electrons. The first kappa shape index (κ1) is 27.9. The van der Waals surface area contributed by atoms with Crippen LogP contribution in [0.2, 0.25) is 0 Å². The first-order valence-electron chi connectivity index (χ1n) is 13.0. The first-order chi connectivity index (χ1) is 18.7. The number of Topliss-reactive ketones (excluding diaryl/α,β-unsaturated/α-hetero) is 1. The van der Waals surface area contributed by atoms with E-state index >= 15 is 0 Å². The molecule has 0 aromatic heterocycles. The zero-order chi connectivity index (χ0) is 28.1. The highest BCUT2D eigenvalue weighted by molar-refractivity contribution is 6.46. The molecular formula is C32H35NO6. The summed E-state index contributed by atoms with van der Waals surface area (Å²) in [5.41, 5.74) is 4.22. The Labute approximate surface area is 229 Å². The van der Waals surface area contributed by atoms with Crippen molar-refractivity contribution >= 4 is 17.4 Å². The van der Waals surface area contributed by atoms with E-state index in [1.54, 1.807) is 25.3 Å². The Morgan fingerprint density at radius 3 is 2.41 bits per heavy atom. The summed E-state index contributed by atoms with van der Waals surface area (Å²) in [5.74, 6) is -0.235. The smallest absolute Gasteiger partial charge is 0.295 e. The molecule has 1 atom stereocenters. The number of hydrogen-bond acceptors (Lipinski definition) is 6. The number of ketones is 1. The summed E-state index contributed by atoms with van der Waals surface area (Å²) in [6.07, 6.45) is 0. The van der Waals surface area contributed by atoms with E-state index in [2.05, 4.69) is 0 Å². The molecule has 1 unspecified atom stereocenters. The number of hydrogen-bond donors (Lipinski definition) is 1. The van der Waals surface area contributed by atoms with Gasteiger partial charge in [-0.3, -0.25) is 9.59 Å². The van der Waals surface area contributed by atoms with Gasteiger partial charge in [0.25, 0.3) is 11.7 Å². The largest absolute Gasteiger partial charge is 0.507 e. The van der Waals surface area contributed by atoms with Crippen molar-refractivity contribution in [2.75, 3.05) is 27.4 Å². The van der Waals surface area contributed by atoms with Crippen LogP contribution < -0.4 is 9.47 Å². The summed E-state index contributed by atoms with van der Waals surface area (Å²) in [6, 6.07) is 19.8. The van der Waals surface area contributed by atoms with Crippen molar-refractivity contribution in [3.05, 3.63) is 100 Å². The third-order valence-corrected chi connectivity index (χ3v) is 6.90. The van der Waals surface area contributed by atoms with Crippen LogP contribution in [0.5, 0.6) is 11.5 Å². The molecule has 3 aromatic carbocycles. The van der Waals surface area contributed by atoms with Gasteiger partial charge in [-0.2, -0.15) is 0 Å². The molecular weight excluding hydrogens is 494 g/mol. The lowest BCUT2D eigenvalue weighted by Crippen LogP contribution is -2.32. The molecule has 1 fully saturated rings. The third kappa shape index (κ3) is 5.99. The Morgan fingerprint density at radius 2 is 1.74 bits per heavy atom. The quantitative estimate of drug-likeness (QED) is 0.204. The van der Waals surface area contributed by atoms with Crippen molar-refractivity contribution in [1.82, 2.24) is 4.90 Å². The summed E-state index contributed by atoms with van der Waals surface area (Å²) in [5, 5.41) is 11.5. The van der Waals surface area contributed by atoms with Crippen LogP contribution in [0.4, 0.5) is 0 Å². The van der Waals surface area contributed by atoms with Crippen LogP contribution in [0, 0.1) is 6.92 Å². The lowest BCUT2D eigenvalue weighted by Gasteiger charge is -2.25. The van der Waals surface area contributed by atoms with Crippen molar-refractivity contribution in [2.45, 2.75) is 39.3 Å². The van der Waals surface area contributed by atoms with E-state index < -0.39 is 17.7 Å². The number of carbonyl (C=O) groups is 2. The normalized spacial score (nSPS) is 16.7. The highest BCUT2D eigenvalue weighted by atomic mass is 16.5. The highest BCUT2D eigenvalue weighted by Crippen LogP contribution is 2.41.